The normalized spacial score (nSPS) is 10.9. The Bertz CT molecular complexity index is 673. The SMILES string of the molecule is CCCCOCCCNC(=O)c1cc(C)nc2ccc(F)cc12. The number of nitrogens with zero attached hydrogens (tertiary/aromatic N) is 1. The van der Waals surface area contributed by atoms with E-state index in [0.29, 0.717) is 29.6 Å². The number of nitrogens with one attached hydrogen (secondary N) is 1. The molecule has 0 aliphatic rings. The number of fused-ring (bicyclic) bond motifs is 1. The van der Waals surface area contributed by atoms with Gasteiger partial charge in [0.15, 0.2) is 0 Å². The van der Waals surface area contributed by atoms with Crippen LogP contribution in [0.5, 0.6) is 0 Å². The molecule has 0 fully saturated rings. The molecule has 0 radical (unpaired) electrons. The van der Waals surface area contributed by atoms with Crippen molar-refractivity contribution in [3.05, 3.63) is 41.3 Å². The van der Waals surface area contributed by atoms with Gasteiger partial charge in [0, 0.05) is 30.8 Å². The Hall–Kier alpha value is -2.01. The lowest BCUT2D eigenvalue weighted by Gasteiger charge is -2.09. The molecule has 124 valence electrons. The van der Waals surface area contributed by atoms with Crippen LogP contribution in [0.1, 0.15) is 42.2 Å². The highest BCUT2D eigenvalue weighted by Gasteiger charge is 2.12. The van der Waals surface area contributed by atoms with Gasteiger partial charge >= 0.3 is 0 Å². The number of aryl methyl sites for hydroxylation is 1. The number of benzene rings is 1. The molecule has 0 saturated carbocycles. The summed E-state index contributed by atoms with van der Waals surface area (Å²) in [5, 5.41) is 3.39. The van der Waals surface area contributed by atoms with Gasteiger partial charge in [-0.05, 0) is 44.0 Å². The van der Waals surface area contributed by atoms with Crippen molar-refractivity contribution < 1.29 is 13.9 Å². The lowest BCUT2D eigenvalue weighted by atomic mass is 10.1. The monoisotopic (exact) mass is 318 g/mol. The van der Waals surface area contributed by atoms with Crippen molar-refractivity contribution in [1.82, 2.24) is 10.3 Å². The van der Waals surface area contributed by atoms with E-state index in [0.717, 1.165) is 31.6 Å². The minimum absolute atomic E-state index is 0.209. The first-order valence-electron chi connectivity index (χ1n) is 8.04. The highest BCUT2D eigenvalue weighted by molar-refractivity contribution is 6.06. The van der Waals surface area contributed by atoms with Gasteiger partial charge in [-0.2, -0.15) is 0 Å². The fraction of sp³-hybridized carbons (Fsp3) is 0.444. The molecule has 1 aromatic carbocycles. The third-order valence-electron chi connectivity index (χ3n) is 3.54. The molecule has 0 unspecified atom stereocenters. The lowest BCUT2D eigenvalue weighted by Crippen LogP contribution is -2.25. The number of pyridine rings is 1. The zero-order valence-electron chi connectivity index (χ0n) is 13.7. The van der Waals surface area contributed by atoms with Gasteiger partial charge in [-0.25, -0.2) is 4.39 Å². The maximum atomic E-state index is 13.5. The van der Waals surface area contributed by atoms with Crippen LogP contribution in [0.15, 0.2) is 24.3 Å². The molecule has 0 aliphatic heterocycles. The summed E-state index contributed by atoms with van der Waals surface area (Å²) in [7, 11) is 0. The fourth-order valence-corrected chi connectivity index (χ4v) is 2.34. The van der Waals surface area contributed by atoms with Crippen LogP contribution in [0.25, 0.3) is 10.9 Å². The first kappa shape index (κ1) is 17.3. The van der Waals surface area contributed by atoms with E-state index in [4.69, 9.17) is 4.74 Å². The molecule has 1 amide bonds. The smallest absolute Gasteiger partial charge is 0.252 e. The number of carbonyl (C=O) groups excluding carboxylic acids is 1. The zero-order valence-corrected chi connectivity index (χ0v) is 13.7. The summed E-state index contributed by atoms with van der Waals surface area (Å²) in [6.07, 6.45) is 2.92. The van der Waals surface area contributed by atoms with E-state index in [2.05, 4.69) is 17.2 Å². The molecule has 0 spiro atoms. The second kappa shape index (κ2) is 8.58. The number of ether oxygens (including phenoxy) is 1. The number of halogens is 1. The van der Waals surface area contributed by atoms with Gasteiger partial charge in [-0.3, -0.25) is 9.78 Å². The van der Waals surface area contributed by atoms with Crippen LogP contribution in [0.2, 0.25) is 0 Å². The summed E-state index contributed by atoms with van der Waals surface area (Å²) in [6.45, 7) is 5.86. The van der Waals surface area contributed by atoms with Crippen LogP contribution in [-0.2, 0) is 4.74 Å². The third kappa shape index (κ3) is 4.99. The Balaban J connectivity index is 1.96. The van der Waals surface area contributed by atoms with Crippen LogP contribution < -0.4 is 5.32 Å². The van der Waals surface area contributed by atoms with Crippen molar-refractivity contribution in [3.8, 4) is 0 Å². The molecule has 2 aromatic rings. The van der Waals surface area contributed by atoms with Gasteiger partial charge in [0.25, 0.3) is 5.91 Å². The summed E-state index contributed by atoms with van der Waals surface area (Å²) in [5.74, 6) is -0.582. The van der Waals surface area contributed by atoms with Crippen LogP contribution >= 0.6 is 0 Å². The first-order chi connectivity index (χ1) is 11.1. The maximum Gasteiger partial charge on any atom is 0.252 e. The van der Waals surface area contributed by atoms with Crippen LogP contribution in [-0.4, -0.2) is 30.6 Å². The molecular formula is C18H23FN2O2. The van der Waals surface area contributed by atoms with Gasteiger partial charge in [0.05, 0.1) is 11.1 Å². The number of amides is 1. The van der Waals surface area contributed by atoms with Gasteiger partial charge < -0.3 is 10.1 Å². The Morgan fingerprint density at radius 1 is 1.26 bits per heavy atom. The zero-order chi connectivity index (χ0) is 16.7. The number of hydrogen-bond acceptors (Lipinski definition) is 3. The second-order valence-corrected chi connectivity index (χ2v) is 5.55. The second-order valence-electron chi connectivity index (χ2n) is 5.55. The molecule has 5 heteroatoms. The minimum Gasteiger partial charge on any atom is -0.381 e. The third-order valence-corrected chi connectivity index (χ3v) is 3.54. The molecule has 0 aliphatic carbocycles. The Morgan fingerprint density at radius 2 is 2.04 bits per heavy atom. The van der Waals surface area contributed by atoms with E-state index in [1.165, 1.54) is 12.1 Å². The molecule has 1 heterocycles. The molecule has 23 heavy (non-hydrogen) atoms. The topological polar surface area (TPSA) is 51.2 Å². The Labute approximate surface area is 136 Å². The highest BCUT2D eigenvalue weighted by atomic mass is 19.1. The summed E-state index contributed by atoms with van der Waals surface area (Å²) in [6, 6.07) is 5.99. The van der Waals surface area contributed by atoms with E-state index in [1.807, 2.05) is 6.92 Å². The van der Waals surface area contributed by atoms with E-state index in [1.54, 1.807) is 12.1 Å². The summed E-state index contributed by atoms with van der Waals surface area (Å²) in [5.41, 5.74) is 1.82. The minimum atomic E-state index is -0.374. The number of hydrogen-bond donors (Lipinski definition) is 1. The Morgan fingerprint density at radius 3 is 2.83 bits per heavy atom. The van der Waals surface area contributed by atoms with Crippen molar-refractivity contribution in [2.75, 3.05) is 19.8 Å². The number of carbonyl (C=O) groups is 1. The van der Waals surface area contributed by atoms with Crippen LogP contribution in [0.3, 0.4) is 0 Å². The largest absolute Gasteiger partial charge is 0.381 e. The van der Waals surface area contributed by atoms with E-state index in [-0.39, 0.29) is 11.7 Å². The number of unbranched alkanes of at least 4 members (excludes halogenated alkanes) is 1. The Kier molecular flexibility index (Phi) is 6.47. The average Bonchev–Trinajstić information content (AvgIpc) is 2.53. The molecule has 0 saturated heterocycles. The molecule has 2 rings (SSSR count). The van der Waals surface area contributed by atoms with E-state index in [9.17, 15) is 9.18 Å². The van der Waals surface area contributed by atoms with Crippen molar-refractivity contribution in [1.29, 1.82) is 0 Å². The molecule has 0 atom stereocenters. The van der Waals surface area contributed by atoms with Crippen LogP contribution in [0, 0.1) is 12.7 Å². The molecule has 4 nitrogen and oxygen atoms in total. The number of aromatic nitrogens is 1. The quantitative estimate of drug-likeness (QED) is 0.756. The lowest BCUT2D eigenvalue weighted by molar-refractivity contribution is 0.0942. The van der Waals surface area contributed by atoms with E-state index >= 15 is 0 Å². The van der Waals surface area contributed by atoms with Gasteiger partial charge in [-0.1, -0.05) is 13.3 Å². The van der Waals surface area contributed by atoms with Crippen LogP contribution in [0.4, 0.5) is 4.39 Å². The van der Waals surface area contributed by atoms with E-state index < -0.39 is 0 Å². The molecule has 0 bridgehead atoms. The maximum absolute atomic E-state index is 13.5. The summed E-state index contributed by atoms with van der Waals surface area (Å²) >= 11 is 0. The summed E-state index contributed by atoms with van der Waals surface area (Å²) < 4.78 is 18.9. The van der Waals surface area contributed by atoms with Crippen molar-refractivity contribution in [3.63, 3.8) is 0 Å². The molecular weight excluding hydrogens is 295 g/mol. The van der Waals surface area contributed by atoms with Gasteiger partial charge in [0.1, 0.15) is 5.82 Å². The average molecular weight is 318 g/mol. The summed E-state index contributed by atoms with van der Waals surface area (Å²) in [4.78, 5) is 16.7. The number of rotatable bonds is 8. The molecule has 1 aromatic heterocycles. The molecule has 1 N–H and O–H groups in total. The van der Waals surface area contributed by atoms with Crippen molar-refractivity contribution >= 4 is 16.8 Å². The van der Waals surface area contributed by atoms with Crippen molar-refractivity contribution in [2.45, 2.75) is 33.1 Å². The standard InChI is InChI=1S/C18H23FN2O2/c1-3-4-9-23-10-5-8-20-18(22)16-11-13(2)21-17-7-6-14(19)12-15(16)17/h6-7,11-12H,3-5,8-10H2,1-2H3,(H,20,22). The van der Waals surface area contributed by atoms with Crippen molar-refractivity contribution in [2.24, 2.45) is 0 Å². The van der Waals surface area contributed by atoms with Gasteiger partial charge in [0.2, 0.25) is 0 Å². The van der Waals surface area contributed by atoms with Gasteiger partial charge in [-0.15, -0.1) is 0 Å². The predicted octanol–water partition coefficient (Wildman–Crippen LogP) is 3.62. The predicted molar refractivity (Wildman–Crippen MR) is 89.1 cm³/mol. The fourth-order valence-electron chi connectivity index (χ4n) is 2.34. The first-order valence-corrected chi connectivity index (χ1v) is 8.04. The highest BCUT2D eigenvalue weighted by Crippen LogP contribution is 2.19.